The molecule has 2 bridgehead atoms. The lowest BCUT2D eigenvalue weighted by Gasteiger charge is -2.53. The van der Waals surface area contributed by atoms with Crippen molar-refractivity contribution >= 4 is 15.9 Å². The molecule has 4 atom stereocenters. The van der Waals surface area contributed by atoms with Gasteiger partial charge in [0.2, 0.25) is 0 Å². The molecule has 5 rings (SSSR count). The number of rotatable bonds is 2. The van der Waals surface area contributed by atoms with Gasteiger partial charge in [-0.05, 0) is 58.4 Å². The molecule has 0 aromatic heterocycles. The van der Waals surface area contributed by atoms with Gasteiger partial charge in [-0.3, -0.25) is 4.90 Å². The second-order valence-electron chi connectivity index (χ2n) is 8.62. The van der Waals surface area contributed by atoms with E-state index in [2.05, 4.69) is 108 Å². The van der Waals surface area contributed by atoms with E-state index in [9.17, 15) is 0 Å². The van der Waals surface area contributed by atoms with E-state index >= 15 is 0 Å². The SMILES string of the molecule is Cc1ccc(Br)cc1[C@H]1c2ccccc2[C@@H]2c3ccccc3CN1[C@H]2C(C)C. The Morgan fingerprint density at radius 3 is 2.29 bits per heavy atom. The van der Waals surface area contributed by atoms with Crippen molar-refractivity contribution in [1.82, 2.24) is 4.90 Å². The maximum atomic E-state index is 3.72. The molecule has 142 valence electrons. The molecule has 2 aliphatic rings. The van der Waals surface area contributed by atoms with Crippen LogP contribution in [0.5, 0.6) is 0 Å². The highest BCUT2D eigenvalue weighted by molar-refractivity contribution is 9.10. The van der Waals surface area contributed by atoms with Gasteiger partial charge in [0, 0.05) is 23.0 Å². The molecule has 0 saturated carbocycles. The molecule has 0 spiro atoms. The number of hydrogen-bond donors (Lipinski definition) is 0. The van der Waals surface area contributed by atoms with Crippen molar-refractivity contribution in [3.63, 3.8) is 0 Å². The number of nitrogens with zero attached hydrogens (tertiary/aromatic N) is 1. The van der Waals surface area contributed by atoms with Gasteiger partial charge < -0.3 is 0 Å². The highest BCUT2D eigenvalue weighted by Gasteiger charge is 2.46. The van der Waals surface area contributed by atoms with Crippen LogP contribution in [0.1, 0.15) is 59.2 Å². The van der Waals surface area contributed by atoms with Crippen LogP contribution < -0.4 is 0 Å². The third kappa shape index (κ3) is 2.69. The standard InChI is InChI=1S/C26H26BrN/c1-16(2)25-24-20-9-5-4-8-18(20)15-28(25)26(22-11-7-6-10-21(22)24)23-14-19(27)13-12-17(23)3/h4-14,16,24-26H,15H2,1-3H3/t24-,25-,26+/m0/s1. The van der Waals surface area contributed by atoms with Crippen molar-refractivity contribution in [2.45, 2.75) is 45.3 Å². The van der Waals surface area contributed by atoms with Crippen molar-refractivity contribution < 1.29 is 0 Å². The average Bonchev–Trinajstić information content (AvgIpc) is 2.69. The summed E-state index contributed by atoms with van der Waals surface area (Å²) in [5.41, 5.74) is 8.77. The molecule has 0 fully saturated rings. The first kappa shape index (κ1) is 18.1. The third-order valence-corrected chi connectivity index (χ3v) is 7.14. The Balaban J connectivity index is 1.80. The van der Waals surface area contributed by atoms with Crippen molar-refractivity contribution in [3.8, 4) is 0 Å². The van der Waals surface area contributed by atoms with E-state index in [0.29, 0.717) is 23.9 Å². The molecule has 3 aromatic carbocycles. The van der Waals surface area contributed by atoms with Crippen LogP contribution in [0.25, 0.3) is 0 Å². The van der Waals surface area contributed by atoms with Crippen molar-refractivity contribution in [2.24, 2.45) is 5.92 Å². The van der Waals surface area contributed by atoms with Gasteiger partial charge in [0.15, 0.2) is 0 Å². The van der Waals surface area contributed by atoms with E-state index in [1.54, 1.807) is 0 Å². The fraction of sp³-hybridized carbons (Fsp3) is 0.308. The summed E-state index contributed by atoms with van der Waals surface area (Å²) in [6.07, 6.45) is 0. The minimum absolute atomic E-state index is 0.297. The number of hydrogen-bond acceptors (Lipinski definition) is 1. The van der Waals surface area contributed by atoms with E-state index < -0.39 is 0 Å². The molecule has 3 aromatic rings. The van der Waals surface area contributed by atoms with Gasteiger partial charge in [0.05, 0.1) is 6.04 Å². The first-order valence-corrected chi connectivity index (χ1v) is 11.0. The Labute approximate surface area is 176 Å². The summed E-state index contributed by atoms with van der Waals surface area (Å²) in [6, 6.07) is 25.8. The van der Waals surface area contributed by atoms with Gasteiger partial charge in [-0.2, -0.15) is 0 Å². The van der Waals surface area contributed by atoms with Crippen molar-refractivity contribution in [1.29, 1.82) is 0 Å². The second-order valence-corrected chi connectivity index (χ2v) is 9.53. The summed E-state index contributed by atoms with van der Waals surface area (Å²) >= 11 is 3.72. The summed E-state index contributed by atoms with van der Waals surface area (Å²) in [5.74, 6) is 1.03. The average molecular weight is 432 g/mol. The molecular formula is C26H26BrN. The van der Waals surface area contributed by atoms with Crippen LogP contribution in [0, 0.1) is 12.8 Å². The topological polar surface area (TPSA) is 3.24 Å². The summed E-state index contributed by atoms with van der Waals surface area (Å²) in [7, 11) is 0. The zero-order chi connectivity index (χ0) is 19.4. The highest BCUT2D eigenvalue weighted by Crippen LogP contribution is 2.52. The third-order valence-electron chi connectivity index (χ3n) is 6.64. The van der Waals surface area contributed by atoms with E-state index in [0.717, 1.165) is 11.0 Å². The summed E-state index contributed by atoms with van der Waals surface area (Å²) in [4.78, 5) is 2.77. The van der Waals surface area contributed by atoms with Gasteiger partial charge in [0.25, 0.3) is 0 Å². The zero-order valence-corrected chi connectivity index (χ0v) is 18.3. The van der Waals surface area contributed by atoms with Crippen molar-refractivity contribution in [2.75, 3.05) is 0 Å². The van der Waals surface area contributed by atoms with Crippen LogP contribution in [0.2, 0.25) is 0 Å². The minimum Gasteiger partial charge on any atom is -0.284 e. The van der Waals surface area contributed by atoms with E-state index in [1.807, 2.05) is 0 Å². The molecule has 2 heteroatoms. The molecule has 0 N–H and O–H groups in total. The number of halogens is 1. The monoisotopic (exact) mass is 431 g/mol. The Bertz CT molecular complexity index is 1040. The molecule has 2 heterocycles. The maximum Gasteiger partial charge on any atom is 0.0613 e. The molecule has 28 heavy (non-hydrogen) atoms. The van der Waals surface area contributed by atoms with Gasteiger partial charge in [0.1, 0.15) is 0 Å². The van der Waals surface area contributed by atoms with Crippen LogP contribution in [0.4, 0.5) is 0 Å². The fourth-order valence-electron chi connectivity index (χ4n) is 5.52. The van der Waals surface area contributed by atoms with Crippen LogP contribution in [0.15, 0.2) is 71.2 Å². The van der Waals surface area contributed by atoms with E-state index in [-0.39, 0.29) is 0 Å². The van der Waals surface area contributed by atoms with Gasteiger partial charge >= 0.3 is 0 Å². The predicted octanol–water partition coefficient (Wildman–Crippen LogP) is 6.83. The Kier molecular flexibility index (Phi) is 4.45. The fourth-order valence-corrected chi connectivity index (χ4v) is 5.89. The van der Waals surface area contributed by atoms with E-state index in [1.165, 1.54) is 33.4 Å². The molecule has 2 aliphatic heterocycles. The Morgan fingerprint density at radius 2 is 1.54 bits per heavy atom. The quantitative estimate of drug-likeness (QED) is 0.429. The van der Waals surface area contributed by atoms with E-state index in [4.69, 9.17) is 0 Å². The zero-order valence-electron chi connectivity index (χ0n) is 16.7. The second kappa shape index (κ2) is 6.86. The smallest absolute Gasteiger partial charge is 0.0613 e. The number of fused-ring (bicyclic) bond motifs is 6. The number of benzene rings is 3. The van der Waals surface area contributed by atoms with Gasteiger partial charge in [-0.15, -0.1) is 0 Å². The number of aryl methyl sites for hydroxylation is 1. The first-order valence-electron chi connectivity index (χ1n) is 10.2. The van der Waals surface area contributed by atoms with Crippen LogP contribution in [-0.2, 0) is 6.54 Å². The van der Waals surface area contributed by atoms with Gasteiger partial charge in [-0.25, -0.2) is 0 Å². The highest BCUT2D eigenvalue weighted by atomic mass is 79.9. The summed E-state index contributed by atoms with van der Waals surface area (Å²) in [6.45, 7) is 8.04. The molecular weight excluding hydrogens is 406 g/mol. The minimum atomic E-state index is 0.297. The van der Waals surface area contributed by atoms with Gasteiger partial charge in [-0.1, -0.05) is 84.4 Å². The predicted molar refractivity (Wildman–Crippen MR) is 120 cm³/mol. The van der Waals surface area contributed by atoms with Crippen molar-refractivity contribution in [3.05, 3.63) is 105 Å². The summed E-state index contributed by atoms with van der Waals surface area (Å²) < 4.78 is 1.16. The Hall–Kier alpha value is -1.90. The molecule has 0 aliphatic carbocycles. The molecule has 0 amide bonds. The lowest BCUT2D eigenvalue weighted by atomic mass is 9.68. The van der Waals surface area contributed by atoms with Crippen LogP contribution in [-0.4, -0.2) is 10.9 Å². The largest absolute Gasteiger partial charge is 0.284 e. The summed E-state index contributed by atoms with van der Waals surface area (Å²) in [5, 5.41) is 0. The van der Waals surface area contributed by atoms with Crippen LogP contribution >= 0.6 is 15.9 Å². The molecule has 1 unspecified atom stereocenters. The van der Waals surface area contributed by atoms with Crippen LogP contribution in [0.3, 0.4) is 0 Å². The molecule has 1 nitrogen and oxygen atoms in total. The normalized spacial score (nSPS) is 25.3. The maximum absolute atomic E-state index is 3.72. The molecule has 0 saturated heterocycles. The first-order chi connectivity index (χ1) is 13.6. The lowest BCUT2D eigenvalue weighted by Crippen LogP contribution is -2.52. The lowest BCUT2D eigenvalue weighted by molar-refractivity contribution is 0.0703. The Morgan fingerprint density at radius 1 is 0.857 bits per heavy atom. The molecule has 0 radical (unpaired) electrons.